The molecule has 0 bridgehead atoms. The first-order valence-corrected chi connectivity index (χ1v) is 4.47. The van der Waals surface area contributed by atoms with E-state index in [4.69, 9.17) is 5.73 Å². The molecule has 1 heteroatoms. The topological polar surface area (TPSA) is 26.0 Å². The Morgan fingerprint density at radius 2 is 1.82 bits per heavy atom. The molecule has 0 aliphatic carbocycles. The number of hydrogen-bond donors (Lipinski definition) is 1. The summed E-state index contributed by atoms with van der Waals surface area (Å²) in [7, 11) is 0. The molecule has 0 unspecified atom stereocenters. The van der Waals surface area contributed by atoms with Crippen molar-refractivity contribution in [2.75, 3.05) is 6.54 Å². The van der Waals surface area contributed by atoms with Gasteiger partial charge in [-0.1, -0.05) is 39.3 Å². The summed E-state index contributed by atoms with van der Waals surface area (Å²) >= 11 is 0. The van der Waals surface area contributed by atoms with Gasteiger partial charge >= 0.3 is 0 Å². The third-order valence-electron chi connectivity index (χ3n) is 1.83. The summed E-state index contributed by atoms with van der Waals surface area (Å²) < 4.78 is 0. The molecule has 0 radical (unpaired) electrons. The maximum Gasteiger partial charge on any atom is 0.0139 e. The highest BCUT2D eigenvalue weighted by molar-refractivity contribution is 5.06. The molecule has 0 aromatic rings. The number of rotatable bonds is 4. The molecule has 66 valence electrons. The van der Waals surface area contributed by atoms with Crippen LogP contribution < -0.4 is 5.73 Å². The van der Waals surface area contributed by atoms with Crippen molar-refractivity contribution in [1.29, 1.82) is 0 Å². The molecule has 0 aliphatic rings. The molecular formula is C10H21N. The second kappa shape index (κ2) is 5.36. The summed E-state index contributed by atoms with van der Waals surface area (Å²) in [5, 5.41) is 0. The molecule has 0 rings (SSSR count). The van der Waals surface area contributed by atoms with E-state index < -0.39 is 0 Å². The molecule has 0 atom stereocenters. The van der Waals surface area contributed by atoms with Crippen LogP contribution in [0.1, 0.15) is 34.1 Å². The largest absolute Gasteiger partial charge is 0.327 e. The van der Waals surface area contributed by atoms with Crippen LogP contribution in [0.25, 0.3) is 0 Å². The SMILES string of the molecule is CC(C)C/C=C(\CN)C(C)C. The van der Waals surface area contributed by atoms with Gasteiger partial charge in [0.25, 0.3) is 0 Å². The van der Waals surface area contributed by atoms with E-state index in [9.17, 15) is 0 Å². The average Bonchev–Trinajstić information content (AvgIpc) is 1.87. The lowest BCUT2D eigenvalue weighted by atomic mass is 10.00. The Kier molecular flexibility index (Phi) is 5.22. The Balaban J connectivity index is 3.91. The van der Waals surface area contributed by atoms with E-state index in [1.807, 2.05) is 0 Å². The van der Waals surface area contributed by atoms with Gasteiger partial charge in [0, 0.05) is 6.54 Å². The number of nitrogens with two attached hydrogens (primary N) is 1. The Labute approximate surface area is 70.7 Å². The van der Waals surface area contributed by atoms with E-state index in [0.29, 0.717) is 12.5 Å². The van der Waals surface area contributed by atoms with Gasteiger partial charge in [-0.2, -0.15) is 0 Å². The zero-order chi connectivity index (χ0) is 8.85. The molecule has 2 N–H and O–H groups in total. The lowest BCUT2D eigenvalue weighted by Crippen LogP contribution is -2.08. The summed E-state index contributed by atoms with van der Waals surface area (Å²) in [5.74, 6) is 1.36. The second-order valence-corrected chi connectivity index (χ2v) is 3.77. The van der Waals surface area contributed by atoms with Gasteiger partial charge in [0.2, 0.25) is 0 Å². The van der Waals surface area contributed by atoms with Crippen molar-refractivity contribution >= 4 is 0 Å². The van der Waals surface area contributed by atoms with Crippen LogP contribution in [0.4, 0.5) is 0 Å². The van der Waals surface area contributed by atoms with Gasteiger partial charge in [-0.25, -0.2) is 0 Å². The molecule has 1 nitrogen and oxygen atoms in total. The van der Waals surface area contributed by atoms with Crippen LogP contribution in [-0.2, 0) is 0 Å². The number of hydrogen-bond acceptors (Lipinski definition) is 1. The third kappa shape index (κ3) is 5.02. The first-order valence-electron chi connectivity index (χ1n) is 4.47. The quantitative estimate of drug-likeness (QED) is 0.620. The van der Waals surface area contributed by atoms with E-state index in [-0.39, 0.29) is 0 Å². The van der Waals surface area contributed by atoms with E-state index in [0.717, 1.165) is 12.3 Å². The van der Waals surface area contributed by atoms with Crippen LogP contribution >= 0.6 is 0 Å². The number of allylic oxidation sites excluding steroid dienone is 1. The minimum Gasteiger partial charge on any atom is -0.327 e. The summed E-state index contributed by atoms with van der Waals surface area (Å²) in [5.41, 5.74) is 6.98. The highest BCUT2D eigenvalue weighted by Crippen LogP contribution is 2.11. The van der Waals surface area contributed by atoms with Crippen LogP contribution in [0.5, 0.6) is 0 Å². The van der Waals surface area contributed by atoms with Crippen molar-refractivity contribution in [2.24, 2.45) is 17.6 Å². The molecular weight excluding hydrogens is 134 g/mol. The van der Waals surface area contributed by atoms with Crippen molar-refractivity contribution in [3.05, 3.63) is 11.6 Å². The predicted octanol–water partition coefficient (Wildman–Crippen LogP) is 2.57. The average molecular weight is 155 g/mol. The minimum absolute atomic E-state index is 0.610. The monoisotopic (exact) mass is 155 g/mol. The first kappa shape index (κ1) is 10.7. The fourth-order valence-corrected chi connectivity index (χ4v) is 0.942. The first-order chi connectivity index (χ1) is 5.07. The van der Waals surface area contributed by atoms with Crippen molar-refractivity contribution in [3.63, 3.8) is 0 Å². The molecule has 0 saturated carbocycles. The Hall–Kier alpha value is -0.300. The maximum atomic E-state index is 5.59. The molecule has 0 spiro atoms. The van der Waals surface area contributed by atoms with Crippen LogP contribution in [-0.4, -0.2) is 6.54 Å². The van der Waals surface area contributed by atoms with E-state index in [1.165, 1.54) is 5.57 Å². The Morgan fingerprint density at radius 1 is 1.27 bits per heavy atom. The van der Waals surface area contributed by atoms with Crippen molar-refractivity contribution in [2.45, 2.75) is 34.1 Å². The van der Waals surface area contributed by atoms with Crippen LogP contribution in [0, 0.1) is 11.8 Å². The molecule has 0 saturated heterocycles. The molecule has 0 aromatic heterocycles. The molecule has 0 fully saturated rings. The van der Waals surface area contributed by atoms with Crippen molar-refractivity contribution < 1.29 is 0 Å². The van der Waals surface area contributed by atoms with Gasteiger partial charge in [0.1, 0.15) is 0 Å². The second-order valence-electron chi connectivity index (χ2n) is 3.77. The molecule has 11 heavy (non-hydrogen) atoms. The fourth-order valence-electron chi connectivity index (χ4n) is 0.942. The van der Waals surface area contributed by atoms with Crippen LogP contribution in [0.15, 0.2) is 11.6 Å². The molecule has 0 aliphatic heterocycles. The summed E-state index contributed by atoms with van der Waals surface area (Å²) in [6.07, 6.45) is 3.44. The van der Waals surface area contributed by atoms with E-state index >= 15 is 0 Å². The summed E-state index contributed by atoms with van der Waals surface area (Å²) in [4.78, 5) is 0. The van der Waals surface area contributed by atoms with Gasteiger partial charge in [-0.3, -0.25) is 0 Å². The maximum absolute atomic E-state index is 5.59. The van der Waals surface area contributed by atoms with E-state index in [1.54, 1.807) is 0 Å². The predicted molar refractivity (Wildman–Crippen MR) is 51.4 cm³/mol. The zero-order valence-electron chi connectivity index (χ0n) is 8.22. The third-order valence-corrected chi connectivity index (χ3v) is 1.83. The molecule has 0 aromatic carbocycles. The van der Waals surface area contributed by atoms with Crippen molar-refractivity contribution in [1.82, 2.24) is 0 Å². The van der Waals surface area contributed by atoms with Crippen LogP contribution in [0.3, 0.4) is 0 Å². The zero-order valence-corrected chi connectivity index (χ0v) is 8.22. The standard InChI is InChI=1S/C10H21N/c1-8(2)5-6-10(7-11)9(3)4/h6,8-9H,5,7,11H2,1-4H3/b10-6+. The Bertz CT molecular complexity index is 123. The fraction of sp³-hybridized carbons (Fsp3) is 0.800. The Morgan fingerprint density at radius 3 is 2.09 bits per heavy atom. The molecule has 0 amide bonds. The van der Waals surface area contributed by atoms with Gasteiger partial charge < -0.3 is 5.73 Å². The summed E-state index contributed by atoms with van der Waals surface area (Å²) in [6.45, 7) is 9.55. The highest BCUT2D eigenvalue weighted by Gasteiger charge is 2.00. The lowest BCUT2D eigenvalue weighted by molar-refractivity contribution is 0.647. The molecule has 0 heterocycles. The smallest absolute Gasteiger partial charge is 0.0139 e. The minimum atomic E-state index is 0.610. The van der Waals surface area contributed by atoms with Gasteiger partial charge in [-0.15, -0.1) is 0 Å². The summed E-state index contributed by atoms with van der Waals surface area (Å²) in [6, 6.07) is 0. The van der Waals surface area contributed by atoms with Gasteiger partial charge in [0.15, 0.2) is 0 Å². The highest BCUT2D eigenvalue weighted by atomic mass is 14.5. The van der Waals surface area contributed by atoms with Gasteiger partial charge in [-0.05, 0) is 18.3 Å². The normalized spacial score (nSPS) is 13.2. The van der Waals surface area contributed by atoms with Gasteiger partial charge in [0.05, 0.1) is 0 Å². The van der Waals surface area contributed by atoms with Crippen molar-refractivity contribution in [3.8, 4) is 0 Å². The van der Waals surface area contributed by atoms with Crippen LogP contribution in [0.2, 0.25) is 0 Å². The lowest BCUT2D eigenvalue weighted by Gasteiger charge is -2.09. The van der Waals surface area contributed by atoms with E-state index in [2.05, 4.69) is 33.8 Å².